The summed E-state index contributed by atoms with van der Waals surface area (Å²) in [5.41, 5.74) is 7.15. The van der Waals surface area contributed by atoms with Crippen molar-refractivity contribution in [3.63, 3.8) is 0 Å². The Balaban J connectivity index is 1.92. The zero-order chi connectivity index (χ0) is 13.1. The highest BCUT2D eigenvalue weighted by Crippen LogP contribution is 2.18. The molecule has 0 radical (unpaired) electrons. The Morgan fingerprint density at radius 1 is 1.44 bits per heavy atom. The van der Waals surface area contributed by atoms with E-state index in [4.69, 9.17) is 5.73 Å². The number of hydrogen-bond donors (Lipinski definition) is 1. The number of rotatable bonds is 2. The van der Waals surface area contributed by atoms with Crippen LogP contribution in [0.4, 0.5) is 0 Å². The molecular formula is C13H22N4S. The Bertz CT molecular complexity index is 411. The number of hydrogen-bond acceptors (Lipinski definition) is 3. The minimum Gasteiger partial charge on any atom is -0.370 e. The van der Waals surface area contributed by atoms with Crippen LogP contribution in [0.1, 0.15) is 35.3 Å². The second-order valence-corrected chi connectivity index (χ2v) is 6.38. The van der Waals surface area contributed by atoms with Gasteiger partial charge < -0.3 is 10.6 Å². The monoisotopic (exact) mass is 266 g/mol. The van der Waals surface area contributed by atoms with Crippen molar-refractivity contribution < 1.29 is 0 Å². The number of aliphatic imine (C=N–C) groups is 1. The van der Waals surface area contributed by atoms with Crippen molar-refractivity contribution in [3.05, 3.63) is 15.6 Å². The van der Waals surface area contributed by atoms with Crippen LogP contribution in [0.2, 0.25) is 0 Å². The van der Waals surface area contributed by atoms with Crippen LogP contribution in [-0.4, -0.2) is 28.9 Å². The van der Waals surface area contributed by atoms with E-state index in [0.29, 0.717) is 12.5 Å². The van der Waals surface area contributed by atoms with Crippen molar-refractivity contribution in [1.82, 2.24) is 9.88 Å². The molecule has 2 rings (SSSR count). The summed E-state index contributed by atoms with van der Waals surface area (Å²) < 4.78 is 0. The van der Waals surface area contributed by atoms with Gasteiger partial charge in [-0.15, -0.1) is 11.3 Å². The summed E-state index contributed by atoms with van der Waals surface area (Å²) in [5.74, 6) is 1.49. The molecule has 1 aliphatic heterocycles. The fourth-order valence-electron chi connectivity index (χ4n) is 2.09. The Kier molecular flexibility index (Phi) is 4.22. The lowest BCUT2D eigenvalue weighted by Gasteiger charge is -2.30. The molecule has 0 saturated carbocycles. The molecule has 100 valence electrons. The maximum Gasteiger partial charge on any atom is 0.191 e. The topological polar surface area (TPSA) is 54.5 Å². The first-order valence-corrected chi connectivity index (χ1v) is 7.35. The molecule has 5 heteroatoms. The first-order valence-electron chi connectivity index (χ1n) is 6.54. The standard InChI is InChI=1S/C13H22N4S/c1-9-4-6-17(7-5-9)13(14)15-8-12-16-10(2)11(3)18-12/h9H,4-8H2,1-3H3,(H2,14,15). The van der Waals surface area contributed by atoms with Gasteiger partial charge in [0.05, 0.1) is 12.2 Å². The second kappa shape index (κ2) is 5.69. The smallest absolute Gasteiger partial charge is 0.191 e. The van der Waals surface area contributed by atoms with Gasteiger partial charge in [0.15, 0.2) is 5.96 Å². The molecule has 0 unspecified atom stereocenters. The molecule has 2 N–H and O–H groups in total. The Hall–Kier alpha value is -1.10. The molecule has 1 aliphatic rings. The summed E-state index contributed by atoms with van der Waals surface area (Å²) in [6, 6.07) is 0. The number of aryl methyl sites for hydroxylation is 2. The molecule has 0 aliphatic carbocycles. The normalized spacial score (nSPS) is 18.4. The number of piperidine rings is 1. The van der Waals surface area contributed by atoms with E-state index in [9.17, 15) is 0 Å². The van der Waals surface area contributed by atoms with E-state index in [1.165, 1.54) is 17.7 Å². The van der Waals surface area contributed by atoms with Crippen LogP contribution >= 0.6 is 11.3 Å². The van der Waals surface area contributed by atoms with E-state index in [1.54, 1.807) is 11.3 Å². The SMILES string of the molecule is Cc1nc(CN=C(N)N2CCC(C)CC2)sc1C. The lowest BCUT2D eigenvalue weighted by atomic mass is 10.00. The third-order valence-corrected chi connectivity index (χ3v) is 4.61. The third-order valence-electron chi connectivity index (χ3n) is 3.56. The van der Waals surface area contributed by atoms with Crippen LogP contribution in [-0.2, 0) is 6.54 Å². The minimum absolute atomic E-state index is 0.608. The van der Waals surface area contributed by atoms with Crippen molar-refractivity contribution in [1.29, 1.82) is 0 Å². The Labute approximate surface area is 113 Å². The molecule has 0 atom stereocenters. The predicted molar refractivity (Wildman–Crippen MR) is 76.9 cm³/mol. The third kappa shape index (κ3) is 3.22. The number of thiazole rings is 1. The second-order valence-electron chi connectivity index (χ2n) is 5.09. The van der Waals surface area contributed by atoms with Crippen LogP contribution < -0.4 is 5.73 Å². The van der Waals surface area contributed by atoms with E-state index in [1.807, 2.05) is 6.92 Å². The van der Waals surface area contributed by atoms with Gasteiger partial charge in [-0.25, -0.2) is 9.98 Å². The van der Waals surface area contributed by atoms with Crippen molar-refractivity contribution in [2.45, 2.75) is 40.2 Å². The van der Waals surface area contributed by atoms with Gasteiger partial charge in [0.2, 0.25) is 0 Å². The van der Waals surface area contributed by atoms with Gasteiger partial charge in [-0.1, -0.05) is 6.92 Å². The fourth-order valence-corrected chi connectivity index (χ4v) is 2.95. The first-order chi connectivity index (χ1) is 8.56. The van der Waals surface area contributed by atoms with Crippen molar-refractivity contribution in [3.8, 4) is 0 Å². The lowest BCUT2D eigenvalue weighted by molar-refractivity contribution is 0.277. The molecular weight excluding hydrogens is 244 g/mol. The number of guanidine groups is 1. The molecule has 0 spiro atoms. The zero-order valence-electron chi connectivity index (χ0n) is 11.4. The Morgan fingerprint density at radius 3 is 2.67 bits per heavy atom. The van der Waals surface area contributed by atoms with Gasteiger partial charge in [0, 0.05) is 18.0 Å². The van der Waals surface area contributed by atoms with Crippen molar-refractivity contribution >= 4 is 17.3 Å². The van der Waals surface area contributed by atoms with Crippen molar-refractivity contribution in [2.75, 3.05) is 13.1 Å². The lowest BCUT2D eigenvalue weighted by Crippen LogP contribution is -2.42. The van der Waals surface area contributed by atoms with Gasteiger partial charge in [0.25, 0.3) is 0 Å². The summed E-state index contributed by atoms with van der Waals surface area (Å²) in [6.45, 7) is 9.10. The van der Waals surface area contributed by atoms with E-state index in [2.05, 4.69) is 28.7 Å². The number of likely N-dealkylation sites (tertiary alicyclic amines) is 1. The molecule has 0 bridgehead atoms. The van der Waals surface area contributed by atoms with E-state index in [0.717, 1.165) is 29.7 Å². The number of aromatic nitrogens is 1. The number of nitrogens with two attached hydrogens (primary N) is 1. The Morgan fingerprint density at radius 2 is 2.11 bits per heavy atom. The summed E-state index contributed by atoms with van der Waals surface area (Å²) in [7, 11) is 0. The van der Waals surface area contributed by atoms with Crippen LogP contribution in [0.5, 0.6) is 0 Å². The average Bonchev–Trinajstić information content (AvgIpc) is 2.67. The highest BCUT2D eigenvalue weighted by atomic mass is 32.1. The zero-order valence-corrected chi connectivity index (χ0v) is 12.3. The average molecular weight is 266 g/mol. The van der Waals surface area contributed by atoms with Gasteiger partial charge in [-0.3, -0.25) is 0 Å². The molecule has 0 amide bonds. The van der Waals surface area contributed by atoms with Crippen LogP contribution in [0.15, 0.2) is 4.99 Å². The van der Waals surface area contributed by atoms with Gasteiger partial charge in [-0.2, -0.15) is 0 Å². The maximum atomic E-state index is 6.04. The van der Waals surface area contributed by atoms with Crippen LogP contribution in [0.3, 0.4) is 0 Å². The molecule has 0 aromatic carbocycles. The summed E-state index contributed by atoms with van der Waals surface area (Å²) >= 11 is 1.71. The minimum atomic E-state index is 0.608. The van der Waals surface area contributed by atoms with E-state index < -0.39 is 0 Å². The van der Waals surface area contributed by atoms with Gasteiger partial charge >= 0.3 is 0 Å². The molecule has 1 fully saturated rings. The summed E-state index contributed by atoms with van der Waals surface area (Å²) in [4.78, 5) is 12.4. The van der Waals surface area contributed by atoms with Crippen LogP contribution in [0, 0.1) is 19.8 Å². The largest absolute Gasteiger partial charge is 0.370 e. The number of nitrogens with zero attached hydrogens (tertiary/aromatic N) is 3. The quantitative estimate of drug-likeness (QED) is 0.660. The van der Waals surface area contributed by atoms with E-state index in [-0.39, 0.29) is 0 Å². The molecule has 2 heterocycles. The van der Waals surface area contributed by atoms with E-state index >= 15 is 0 Å². The molecule has 18 heavy (non-hydrogen) atoms. The molecule has 1 aromatic rings. The predicted octanol–water partition coefficient (Wildman–Crippen LogP) is 2.31. The molecule has 4 nitrogen and oxygen atoms in total. The molecule has 1 aromatic heterocycles. The summed E-state index contributed by atoms with van der Waals surface area (Å²) in [5, 5.41) is 1.05. The highest BCUT2D eigenvalue weighted by molar-refractivity contribution is 7.11. The fraction of sp³-hybridized carbons (Fsp3) is 0.692. The van der Waals surface area contributed by atoms with Crippen molar-refractivity contribution in [2.24, 2.45) is 16.6 Å². The summed E-state index contributed by atoms with van der Waals surface area (Å²) in [6.07, 6.45) is 2.43. The maximum absolute atomic E-state index is 6.04. The van der Waals surface area contributed by atoms with Crippen LogP contribution in [0.25, 0.3) is 0 Å². The molecule has 1 saturated heterocycles. The highest BCUT2D eigenvalue weighted by Gasteiger charge is 2.16. The van der Waals surface area contributed by atoms with Gasteiger partial charge in [0.1, 0.15) is 5.01 Å². The van der Waals surface area contributed by atoms with Gasteiger partial charge in [-0.05, 0) is 32.6 Å². The first kappa shape index (κ1) is 13.3.